The second kappa shape index (κ2) is 7.07. The highest BCUT2D eigenvalue weighted by Crippen LogP contribution is 2.32. The Bertz CT molecular complexity index is 314. The van der Waals surface area contributed by atoms with Gasteiger partial charge in [-0.25, -0.2) is 9.59 Å². The molecule has 2 fully saturated rings. The predicted octanol–water partition coefficient (Wildman–Crippen LogP) is 2.49. The van der Waals surface area contributed by atoms with E-state index >= 15 is 0 Å². The van der Waals surface area contributed by atoms with E-state index in [-0.39, 0.29) is 12.1 Å². The van der Waals surface area contributed by atoms with Gasteiger partial charge in [-0.05, 0) is 25.7 Å². The second-order valence-electron chi connectivity index (χ2n) is 6.11. The molecule has 114 valence electrons. The van der Waals surface area contributed by atoms with Gasteiger partial charge in [0, 0.05) is 12.1 Å². The zero-order valence-electron chi connectivity index (χ0n) is 12.0. The molecule has 0 atom stereocenters. The van der Waals surface area contributed by atoms with Crippen molar-refractivity contribution in [1.82, 2.24) is 4.90 Å². The molecule has 0 spiro atoms. The number of carboxylic acids is 2. The fraction of sp³-hybridized carbons (Fsp3) is 0.867. The van der Waals surface area contributed by atoms with Crippen LogP contribution in [0.25, 0.3) is 0 Å². The standard InChI is InChI=1S/C15H25NO4/c17-14(18)13(15(19)20)16(11-7-3-1-4-8-11)12-9-5-2-6-10-12/h11-13H,1-10H2,(H,17,18)(H,19,20). The quantitative estimate of drug-likeness (QED) is 0.758. The summed E-state index contributed by atoms with van der Waals surface area (Å²) in [5.41, 5.74) is 0. The Balaban J connectivity index is 2.20. The molecule has 5 heteroatoms. The molecule has 0 bridgehead atoms. The van der Waals surface area contributed by atoms with Crippen molar-refractivity contribution in [3.63, 3.8) is 0 Å². The van der Waals surface area contributed by atoms with Crippen LogP contribution in [0.2, 0.25) is 0 Å². The van der Waals surface area contributed by atoms with Crippen molar-refractivity contribution >= 4 is 11.9 Å². The lowest BCUT2D eigenvalue weighted by Gasteiger charge is -2.43. The highest BCUT2D eigenvalue weighted by molar-refractivity contribution is 5.97. The van der Waals surface area contributed by atoms with Crippen molar-refractivity contribution in [2.24, 2.45) is 0 Å². The Morgan fingerprint density at radius 3 is 1.40 bits per heavy atom. The van der Waals surface area contributed by atoms with Gasteiger partial charge in [-0.15, -0.1) is 0 Å². The molecular weight excluding hydrogens is 258 g/mol. The molecule has 0 unspecified atom stereocenters. The zero-order chi connectivity index (χ0) is 14.5. The first-order valence-corrected chi connectivity index (χ1v) is 7.84. The zero-order valence-corrected chi connectivity index (χ0v) is 12.0. The van der Waals surface area contributed by atoms with Gasteiger partial charge in [0.1, 0.15) is 0 Å². The largest absolute Gasteiger partial charge is 0.480 e. The van der Waals surface area contributed by atoms with Crippen LogP contribution in [-0.4, -0.2) is 45.2 Å². The van der Waals surface area contributed by atoms with Gasteiger partial charge in [-0.3, -0.25) is 4.90 Å². The first kappa shape index (κ1) is 15.3. The Morgan fingerprint density at radius 1 is 0.750 bits per heavy atom. The molecule has 2 aliphatic rings. The maximum atomic E-state index is 11.4. The number of carboxylic acid groups (broad SMARTS) is 2. The van der Waals surface area contributed by atoms with Crippen molar-refractivity contribution in [3.8, 4) is 0 Å². The second-order valence-corrected chi connectivity index (χ2v) is 6.11. The lowest BCUT2D eigenvalue weighted by molar-refractivity contribution is -0.160. The summed E-state index contributed by atoms with van der Waals surface area (Å²) >= 11 is 0. The highest BCUT2D eigenvalue weighted by Gasteiger charge is 2.41. The van der Waals surface area contributed by atoms with Gasteiger partial charge in [0.05, 0.1) is 0 Å². The third-order valence-electron chi connectivity index (χ3n) is 4.76. The molecule has 2 rings (SSSR count). The average molecular weight is 283 g/mol. The summed E-state index contributed by atoms with van der Waals surface area (Å²) in [6.07, 6.45) is 10.4. The van der Waals surface area contributed by atoms with Gasteiger partial charge in [0.2, 0.25) is 6.04 Å². The van der Waals surface area contributed by atoms with Gasteiger partial charge in [-0.1, -0.05) is 38.5 Å². The minimum Gasteiger partial charge on any atom is -0.480 e. The molecule has 0 amide bonds. The summed E-state index contributed by atoms with van der Waals surface area (Å²) in [5, 5.41) is 18.7. The summed E-state index contributed by atoms with van der Waals surface area (Å²) in [4.78, 5) is 24.7. The lowest BCUT2D eigenvalue weighted by atomic mass is 9.87. The van der Waals surface area contributed by atoms with Crippen LogP contribution < -0.4 is 0 Å². The topological polar surface area (TPSA) is 77.8 Å². The number of aliphatic carboxylic acids is 2. The monoisotopic (exact) mass is 283 g/mol. The van der Waals surface area contributed by atoms with Crippen LogP contribution >= 0.6 is 0 Å². The first-order chi connectivity index (χ1) is 9.61. The van der Waals surface area contributed by atoms with E-state index in [2.05, 4.69) is 0 Å². The molecule has 0 aromatic carbocycles. The molecule has 20 heavy (non-hydrogen) atoms. The summed E-state index contributed by atoms with van der Waals surface area (Å²) in [6.45, 7) is 0. The molecule has 0 aromatic rings. The molecular formula is C15H25NO4. The van der Waals surface area contributed by atoms with E-state index < -0.39 is 18.0 Å². The Kier molecular flexibility index (Phi) is 5.40. The molecule has 2 aliphatic carbocycles. The molecule has 0 saturated heterocycles. The minimum atomic E-state index is -1.37. The lowest BCUT2D eigenvalue weighted by Crippen LogP contribution is -2.57. The van der Waals surface area contributed by atoms with E-state index in [1.165, 1.54) is 12.8 Å². The summed E-state index contributed by atoms with van der Waals surface area (Å²) in [5.74, 6) is -2.43. The Hall–Kier alpha value is -1.10. The first-order valence-electron chi connectivity index (χ1n) is 7.84. The number of hydrogen-bond donors (Lipinski definition) is 2. The van der Waals surface area contributed by atoms with Crippen molar-refractivity contribution in [1.29, 1.82) is 0 Å². The van der Waals surface area contributed by atoms with Gasteiger partial charge >= 0.3 is 11.9 Å². The Labute approximate surface area is 120 Å². The SMILES string of the molecule is O=C(O)C(C(=O)O)N(C1CCCCC1)C1CCCCC1. The van der Waals surface area contributed by atoms with Crippen LogP contribution in [0.1, 0.15) is 64.2 Å². The van der Waals surface area contributed by atoms with Crippen molar-refractivity contribution in [3.05, 3.63) is 0 Å². The summed E-state index contributed by atoms with van der Waals surface area (Å²) < 4.78 is 0. The molecule has 0 aromatic heterocycles. The van der Waals surface area contributed by atoms with Crippen LogP contribution in [0, 0.1) is 0 Å². The predicted molar refractivity (Wildman–Crippen MR) is 74.6 cm³/mol. The molecule has 0 heterocycles. The normalized spacial score (nSPS) is 22.3. The summed E-state index contributed by atoms with van der Waals surface area (Å²) in [6, 6.07) is -1.12. The third-order valence-corrected chi connectivity index (χ3v) is 4.76. The Morgan fingerprint density at radius 2 is 1.10 bits per heavy atom. The van der Waals surface area contributed by atoms with E-state index in [9.17, 15) is 19.8 Å². The fourth-order valence-electron chi connectivity index (χ4n) is 3.84. The van der Waals surface area contributed by atoms with Crippen LogP contribution in [0.5, 0.6) is 0 Å². The van der Waals surface area contributed by atoms with Gasteiger partial charge in [0.25, 0.3) is 0 Å². The van der Waals surface area contributed by atoms with Crippen molar-refractivity contribution in [2.75, 3.05) is 0 Å². The van der Waals surface area contributed by atoms with E-state index in [1.807, 2.05) is 4.90 Å². The van der Waals surface area contributed by atoms with Gasteiger partial charge < -0.3 is 10.2 Å². The molecule has 0 aliphatic heterocycles. The smallest absolute Gasteiger partial charge is 0.332 e. The van der Waals surface area contributed by atoms with E-state index in [1.54, 1.807) is 0 Å². The van der Waals surface area contributed by atoms with Crippen LogP contribution in [0.4, 0.5) is 0 Å². The number of nitrogens with zero attached hydrogens (tertiary/aromatic N) is 1. The maximum absolute atomic E-state index is 11.4. The molecule has 0 radical (unpaired) electrons. The van der Waals surface area contributed by atoms with Crippen molar-refractivity contribution in [2.45, 2.75) is 82.3 Å². The average Bonchev–Trinajstić information content (AvgIpc) is 2.45. The molecule has 2 saturated carbocycles. The fourth-order valence-corrected chi connectivity index (χ4v) is 3.84. The van der Waals surface area contributed by atoms with Crippen LogP contribution in [0.15, 0.2) is 0 Å². The van der Waals surface area contributed by atoms with Gasteiger partial charge in [-0.2, -0.15) is 0 Å². The van der Waals surface area contributed by atoms with Crippen molar-refractivity contribution < 1.29 is 19.8 Å². The number of hydrogen-bond acceptors (Lipinski definition) is 3. The molecule has 5 nitrogen and oxygen atoms in total. The summed E-state index contributed by atoms with van der Waals surface area (Å²) in [7, 11) is 0. The van der Waals surface area contributed by atoms with Crippen LogP contribution in [-0.2, 0) is 9.59 Å². The highest BCUT2D eigenvalue weighted by atomic mass is 16.4. The third kappa shape index (κ3) is 3.51. The number of rotatable bonds is 5. The van der Waals surface area contributed by atoms with Crippen LogP contribution in [0.3, 0.4) is 0 Å². The van der Waals surface area contributed by atoms with E-state index in [0.29, 0.717) is 0 Å². The van der Waals surface area contributed by atoms with Gasteiger partial charge in [0.15, 0.2) is 0 Å². The molecule has 2 N–H and O–H groups in total. The van der Waals surface area contributed by atoms with E-state index in [4.69, 9.17) is 0 Å². The maximum Gasteiger partial charge on any atom is 0.332 e. The van der Waals surface area contributed by atoms with E-state index in [0.717, 1.165) is 51.4 Å². The number of carbonyl (C=O) groups is 2. The minimum absolute atomic E-state index is 0.129.